The number of hydrogen-bond donors (Lipinski definition) is 0. The fourth-order valence-corrected chi connectivity index (χ4v) is 1.18. The standard InChI is InChI=1S/C10H6ClN2/c11-10-7-12-6-9(13-10)8-4-2-1-3-5-8/h1-2,4-7H. The largest absolute Gasteiger partial charge is 0.259 e. The summed E-state index contributed by atoms with van der Waals surface area (Å²) in [4.78, 5) is 8.08. The molecule has 2 rings (SSSR count). The molecule has 0 saturated heterocycles. The minimum atomic E-state index is 0.404. The third kappa shape index (κ3) is 1.84. The summed E-state index contributed by atoms with van der Waals surface area (Å²) < 4.78 is 0. The molecule has 2 nitrogen and oxygen atoms in total. The van der Waals surface area contributed by atoms with Crippen molar-refractivity contribution in [2.75, 3.05) is 0 Å². The lowest BCUT2D eigenvalue weighted by atomic mass is 10.2. The third-order valence-corrected chi connectivity index (χ3v) is 1.79. The maximum Gasteiger partial charge on any atom is 0.148 e. The molecule has 13 heavy (non-hydrogen) atoms. The van der Waals surface area contributed by atoms with Crippen LogP contribution >= 0.6 is 11.6 Å². The molecule has 0 amide bonds. The summed E-state index contributed by atoms with van der Waals surface area (Å²) in [5.41, 5.74) is 1.74. The highest BCUT2D eigenvalue weighted by molar-refractivity contribution is 6.29. The van der Waals surface area contributed by atoms with E-state index in [0.29, 0.717) is 5.15 Å². The average molecular weight is 190 g/mol. The predicted molar refractivity (Wildman–Crippen MR) is 51.3 cm³/mol. The van der Waals surface area contributed by atoms with Crippen molar-refractivity contribution in [2.45, 2.75) is 0 Å². The lowest BCUT2D eigenvalue weighted by Crippen LogP contribution is -1.85. The molecular formula is C10H6ClN2. The van der Waals surface area contributed by atoms with Crippen LogP contribution in [0.3, 0.4) is 0 Å². The van der Waals surface area contributed by atoms with Gasteiger partial charge in [-0.05, 0) is 12.1 Å². The Labute approximate surface area is 81.2 Å². The molecule has 3 heteroatoms. The number of rotatable bonds is 1. The van der Waals surface area contributed by atoms with Gasteiger partial charge in [0.1, 0.15) is 5.15 Å². The zero-order chi connectivity index (χ0) is 9.10. The van der Waals surface area contributed by atoms with Gasteiger partial charge in [-0.1, -0.05) is 29.8 Å². The van der Waals surface area contributed by atoms with Gasteiger partial charge in [0.15, 0.2) is 0 Å². The highest BCUT2D eigenvalue weighted by Crippen LogP contribution is 2.16. The first kappa shape index (κ1) is 8.20. The van der Waals surface area contributed by atoms with Gasteiger partial charge in [-0.2, -0.15) is 0 Å². The SMILES string of the molecule is Clc1cncc(-c2c[c]ccc2)n1. The van der Waals surface area contributed by atoms with Crippen LogP contribution in [0.4, 0.5) is 0 Å². The highest BCUT2D eigenvalue weighted by atomic mass is 35.5. The summed E-state index contributed by atoms with van der Waals surface area (Å²) in [5, 5.41) is 0.404. The Morgan fingerprint density at radius 1 is 1.31 bits per heavy atom. The van der Waals surface area contributed by atoms with Crippen molar-refractivity contribution in [1.82, 2.24) is 9.97 Å². The van der Waals surface area contributed by atoms with Crippen LogP contribution in [0.1, 0.15) is 0 Å². The first-order valence-electron chi connectivity index (χ1n) is 3.80. The van der Waals surface area contributed by atoms with Gasteiger partial charge in [0, 0.05) is 5.56 Å². The van der Waals surface area contributed by atoms with Gasteiger partial charge in [0.2, 0.25) is 0 Å². The molecule has 1 aromatic carbocycles. The Morgan fingerprint density at radius 2 is 2.23 bits per heavy atom. The van der Waals surface area contributed by atoms with Crippen molar-refractivity contribution < 1.29 is 0 Å². The highest BCUT2D eigenvalue weighted by Gasteiger charge is 1.98. The van der Waals surface area contributed by atoms with Crippen LogP contribution in [0.25, 0.3) is 11.3 Å². The van der Waals surface area contributed by atoms with Crippen molar-refractivity contribution >= 4 is 11.6 Å². The smallest absolute Gasteiger partial charge is 0.148 e. The average Bonchev–Trinajstić information content (AvgIpc) is 2.19. The van der Waals surface area contributed by atoms with Crippen LogP contribution in [0, 0.1) is 6.07 Å². The van der Waals surface area contributed by atoms with Gasteiger partial charge in [-0.15, -0.1) is 0 Å². The van der Waals surface area contributed by atoms with E-state index in [-0.39, 0.29) is 0 Å². The molecule has 0 unspecified atom stereocenters. The third-order valence-electron chi connectivity index (χ3n) is 1.61. The summed E-state index contributed by atoms with van der Waals surface area (Å²) in [6, 6.07) is 10.5. The summed E-state index contributed by atoms with van der Waals surface area (Å²) >= 11 is 5.71. The molecule has 0 aliphatic carbocycles. The van der Waals surface area contributed by atoms with Crippen LogP contribution in [0.5, 0.6) is 0 Å². The molecule has 0 saturated carbocycles. The van der Waals surface area contributed by atoms with Gasteiger partial charge < -0.3 is 0 Å². The maximum atomic E-state index is 5.71. The molecule has 2 aromatic rings. The lowest BCUT2D eigenvalue weighted by Gasteiger charge is -1.98. The van der Waals surface area contributed by atoms with Gasteiger partial charge >= 0.3 is 0 Å². The topological polar surface area (TPSA) is 25.8 Å². The molecule has 0 N–H and O–H groups in total. The number of hydrogen-bond acceptors (Lipinski definition) is 2. The molecule has 0 fully saturated rings. The first-order chi connectivity index (χ1) is 6.36. The Bertz CT molecular complexity index is 401. The zero-order valence-corrected chi connectivity index (χ0v) is 7.49. The Balaban J connectivity index is 2.48. The molecule has 0 bridgehead atoms. The van der Waals surface area contributed by atoms with E-state index in [1.807, 2.05) is 24.3 Å². The Kier molecular flexibility index (Phi) is 2.23. The van der Waals surface area contributed by atoms with E-state index in [1.165, 1.54) is 6.20 Å². The second-order valence-electron chi connectivity index (χ2n) is 2.52. The molecule has 1 heterocycles. The molecule has 0 aliphatic heterocycles. The first-order valence-corrected chi connectivity index (χ1v) is 4.18. The molecule has 63 valence electrons. The van der Waals surface area contributed by atoms with E-state index in [9.17, 15) is 0 Å². The molecule has 0 atom stereocenters. The van der Waals surface area contributed by atoms with Crippen LogP contribution in [0.2, 0.25) is 5.15 Å². The summed E-state index contributed by atoms with van der Waals surface area (Å²) in [6.45, 7) is 0. The number of halogens is 1. The number of benzene rings is 1. The van der Waals surface area contributed by atoms with Crippen LogP contribution in [-0.4, -0.2) is 9.97 Å². The van der Waals surface area contributed by atoms with Crippen molar-refractivity contribution in [1.29, 1.82) is 0 Å². The zero-order valence-electron chi connectivity index (χ0n) is 6.74. The van der Waals surface area contributed by atoms with Gasteiger partial charge in [-0.3, -0.25) is 4.98 Å². The van der Waals surface area contributed by atoms with E-state index in [0.717, 1.165) is 11.3 Å². The minimum Gasteiger partial charge on any atom is -0.259 e. The molecule has 1 aromatic heterocycles. The van der Waals surface area contributed by atoms with Crippen LogP contribution in [-0.2, 0) is 0 Å². The number of nitrogens with zero attached hydrogens (tertiary/aromatic N) is 2. The summed E-state index contributed by atoms with van der Waals surface area (Å²) in [5.74, 6) is 0. The fourth-order valence-electron chi connectivity index (χ4n) is 1.03. The van der Waals surface area contributed by atoms with Gasteiger partial charge in [0.05, 0.1) is 18.1 Å². The maximum absolute atomic E-state index is 5.71. The molecule has 0 aliphatic rings. The molecular weight excluding hydrogens is 184 g/mol. The van der Waals surface area contributed by atoms with E-state index < -0.39 is 0 Å². The predicted octanol–water partition coefficient (Wildman–Crippen LogP) is 2.60. The van der Waals surface area contributed by atoms with Crippen molar-refractivity contribution in [2.24, 2.45) is 0 Å². The van der Waals surface area contributed by atoms with Gasteiger partial charge in [-0.25, -0.2) is 4.98 Å². The fraction of sp³-hybridized carbons (Fsp3) is 0. The second-order valence-corrected chi connectivity index (χ2v) is 2.91. The minimum absolute atomic E-state index is 0.404. The van der Waals surface area contributed by atoms with E-state index in [1.54, 1.807) is 6.20 Å². The van der Waals surface area contributed by atoms with Crippen molar-refractivity contribution in [3.8, 4) is 11.3 Å². The Morgan fingerprint density at radius 3 is 2.92 bits per heavy atom. The van der Waals surface area contributed by atoms with E-state index in [4.69, 9.17) is 11.6 Å². The number of aromatic nitrogens is 2. The molecule has 0 spiro atoms. The quantitative estimate of drug-likeness (QED) is 0.689. The van der Waals surface area contributed by atoms with Crippen molar-refractivity contribution in [3.05, 3.63) is 47.9 Å². The Hall–Kier alpha value is -1.41. The normalized spacial score (nSPS) is 9.92. The summed E-state index contributed by atoms with van der Waals surface area (Å²) in [6.07, 6.45) is 3.19. The van der Waals surface area contributed by atoms with Crippen LogP contribution in [0.15, 0.2) is 36.7 Å². The van der Waals surface area contributed by atoms with Gasteiger partial charge in [0.25, 0.3) is 0 Å². The van der Waals surface area contributed by atoms with Crippen molar-refractivity contribution in [3.63, 3.8) is 0 Å². The van der Waals surface area contributed by atoms with E-state index in [2.05, 4.69) is 16.0 Å². The summed E-state index contributed by atoms with van der Waals surface area (Å²) in [7, 11) is 0. The van der Waals surface area contributed by atoms with E-state index >= 15 is 0 Å². The second kappa shape index (κ2) is 3.54. The monoisotopic (exact) mass is 189 g/mol. The van der Waals surface area contributed by atoms with Crippen LogP contribution < -0.4 is 0 Å². The molecule has 1 radical (unpaired) electrons. The lowest BCUT2D eigenvalue weighted by molar-refractivity contribution is 1.21.